The molecule has 1 aliphatic heterocycles. The maximum Gasteiger partial charge on any atom is 0.124 e. The molecule has 2 aromatic carbocycles. The lowest BCUT2D eigenvalue weighted by atomic mass is 10.1. The first-order chi connectivity index (χ1) is 8.74. The monoisotopic (exact) mass is 304 g/mol. The summed E-state index contributed by atoms with van der Waals surface area (Å²) in [7, 11) is 0. The predicted molar refractivity (Wildman–Crippen MR) is 76.9 cm³/mol. The van der Waals surface area contributed by atoms with Crippen LogP contribution < -0.4 is 15.8 Å². The molecule has 4 heteroatoms. The van der Waals surface area contributed by atoms with E-state index in [1.54, 1.807) is 0 Å². The minimum Gasteiger partial charge on any atom is -0.491 e. The Bertz CT molecular complexity index is 586. The Balaban J connectivity index is 1.88. The molecule has 1 unspecified atom stereocenters. The minimum absolute atomic E-state index is 0.151. The zero-order valence-electron chi connectivity index (χ0n) is 9.69. The summed E-state index contributed by atoms with van der Waals surface area (Å²) in [5.74, 6) is 0.948. The number of benzene rings is 2. The van der Waals surface area contributed by atoms with Crippen LogP contribution in [0.5, 0.6) is 5.75 Å². The van der Waals surface area contributed by atoms with E-state index >= 15 is 0 Å². The fraction of sp³-hybridized carbons (Fsp3) is 0.143. The number of nitrogens with one attached hydrogen (secondary N) is 1. The van der Waals surface area contributed by atoms with Crippen LogP contribution in [0.25, 0.3) is 0 Å². The summed E-state index contributed by atoms with van der Waals surface area (Å²) in [5.41, 5.74) is 8.81. The Labute approximate surface area is 114 Å². The van der Waals surface area contributed by atoms with Crippen LogP contribution in [0.4, 0.5) is 11.4 Å². The van der Waals surface area contributed by atoms with Gasteiger partial charge in [0.1, 0.15) is 12.4 Å². The van der Waals surface area contributed by atoms with E-state index in [1.807, 2.05) is 36.4 Å². The van der Waals surface area contributed by atoms with Crippen LogP contribution in [0.3, 0.4) is 0 Å². The molecule has 1 heterocycles. The van der Waals surface area contributed by atoms with E-state index in [-0.39, 0.29) is 6.04 Å². The number of hydrogen-bond acceptors (Lipinski definition) is 3. The maximum absolute atomic E-state index is 5.96. The third-order valence-corrected chi connectivity index (χ3v) is 3.54. The standard InChI is InChI=1S/C14H13BrN2O/c15-9-5-6-11(16)12(7-9)17-13-8-18-14-4-2-1-3-10(13)14/h1-7,13,17H,8,16H2. The number of nitrogen functional groups attached to an aromatic ring is 1. The molecule has 0 amide bonds. The highest BCUT2D eigenvalue weighted by molar-refractivity contribution is 9.10. The van der Waals surface area contributed by atoms with Crippen LogP contribution in [-0.2, 0) is 0 Å². The van der Waals surface area contributed by atoms with Crippen molar-refractivity contribution in [3.8, 4) is 5.75 Å². The van der Waals surface area contributed by atoms with Crippen LogP contribution in [0.1, 0.15) is 11.6 Å². The Kier molecular flexibility index (Phi) is 2.88. The largest absolute Gasteiger partial charge is 0.491 e. The molecule has 3 rings (SSSR count). The van der Waals surface area contributed by atoms with E-state index in [4.69, 9.17) is 10.5 Å². The molecular weight excluding hydrogens is 292 g/mol. The highest BCUT2D eigenvalue weighted by Crippen LogP contribution is 2.35. The van der Waals surface area contributed by atoms with E-state index in [2.05, 4.69) is 27.3 Å². The topological polar surface area (TPSA) is 47.3 Å². The number of hydrogen-bond donors (Lipinski definition) is 2. The van der Waals surface area contributed by atoms with Gasteiger partial charge >= 0.3 is 0 Å². The quantitative estimate of drug-likeness (QED) is 0.834. The van der Waals surface area contributed by atoms with Crippen molar-refractivity contribution in [2.24, 2.45) is 0 Å². The molecule has 0 aliphatic carbocycles. The van der Waals surface area contributed by atoms with E-state index < -0.39 is 0 Å². The van der Waals surface area contributed by atoms with Gasteiger partial charge < -0.3 is 15.8 Å². The van der Waals surface area contributed by atoms with Crippen molar-refractivity contribution in [2.45, 2.75) is 6.04 Å². The summed E-state index contributed by atoms with van der Waals surface area (Å²) in [6.07, 6.45) is 0. The molecule has 0 spiro atoms. The first kappa shape index (κ1) is 11.4. The molecule has 0 saturated carbocycles. The van der Waals surface area contributed by atoms with Crippen LogP contribution in [0, 0.1) is 0 Å². The van der Waals surface area contributed by atoms with Gasteiger partial charge in [0.2, 0.25) is 0 Å². The average Bonchev–Trinajstić information content (AvgIpc) is 2.78. The van der Waals surface area contributed by atoms with Crippen LogP contribution >= 0.6 is 15.9 Å². The van der Waals surface area contributed by atoms with E-state index in [0.717, 1.165) is 21.6 Å². The smallest absolute Gasteiger partial charge is 0.124 e. The van der Waals surface area contributed by atoms with Gasteiger partial charge in [-0.25, -0.2) is 0 Å². The molecule has 2 aromatic rings. The summed E-state index contributed by atoms with van der Waals surface area (Å²) in [5, 5.41) is 3.43. The fourth-order valence-electron chi connectivity index (χ4n) is 2.12. The lowest BCUT2D eigenvalue weighted by Crippen LogP contribution is -2.13. The first-order valence-electron chi connectivity index (χ1n) is 5.77. The second-order valence-corrected chi connectivity index (χ2v) is 5.19. The fourth-order valence-corrected chi connectivity index (χ4v) is 2.48. The third-order valence-electron chi connectivity index (χ3n) is 3.05. The van der Waals surface area contributed by atoms with Crippen molar-refractivity contribution >= 4 is 27.3 Å². The lowest BCUT2D eigenvalue weighted by molar-refractivity contribution is 0.340. The second kappa shape index (κ2) is 4.53. The van der Waals surface area contributed by atoms with Gasteiger partial charge in [0, 0.05) is 10.0 Å². The third kappa shape index (κ3) is 2.04. The van der Waals surface area contributed by atoms with Gasteiger partial charge in [-0.3, -0.25) is 0 Å². The summed E-state index contributed by atoms with van der Waals surface area (Å²) in [6.45, 7) is 0.630. The molecule has 18 heavy (non-hydrogen) atoms. The van der Waals surface area contributed by atoms with Gasteiger partial charge in [-0.15, -0.1) is 0 Å². The maximum atomic E-state index is 5.96. The summed E-state index contributed by atoms with van der Waals surface area (Å²) in [4.78, 5) is 0. The number of para-hydroxylation sites is 1. The SMILES string of the molecule is Nc1ccc(Br)cc1NC1COc2ccccc21. The van der Waals surface area contributed by atoms with Crippen LogP contribution in [-0.4, -0.2) is 6.61 Å². The van der Waals surface area contributed by atoms with Crippen molar-refractivity contribution in [3.63, 3.8) is 0 Å². The van der Waals surface area contributed by atoms with Crippen molar-refractivity contribution in [1.82, 2.24) is 0 Å². The van der Waals surface area contributed by atoms with Gasteiger partial charge in [-0.2, -0.15) is 0 Å². The van der Waals surface area contributed by atoms with Gasteiger partial charge in [-0.05, 0) is 24.3 Å². The Morgan fingerprint density at radius 3 is 2.94 bits per heavy atom. The predicted octanol–water partition coefficient (Wildman–Crippen LogP) is 3.58. The molecular formula is C14H13BrN2O. The number of ether oxygens (including phenoxy) is 1. The summed E-state index contributed by atoms with van der Waals surface area (Å²) in [6, 6.07) is 14.0. The zero-order chi connectivity index (χ0) is 12.5. The highest BCUT2D eigenvalue weighted by atomic mass is 79.9. The molecule has 3 nitrogen and oxygen atoms in total. The molecule has 0 saturated heterocycles. The molecule has 3 N–H and O–H groups in total. The number of halogens is 1. The van der Waals surface area contributed by atoms with Crippen molar-refractivity contribution < 1.29 is 4.74 Å². The Morgan fingerprint density at radius 2 is 2.06 bits per heavy atom. The van der Waals surface area contributed by atoms with Crippen LogP contribution in [0.2, 0.25) is 0 Å². The van der Waals surface area contributed by atoms with E-state index in [0.29, 0.717) is 6.61 Å². The molecule has 1 aliphatic rings. The number of anilines is 2. The first-order valence-corrected chi connectivity index (χ1v) is 6.56. The lowest BCUT2D eigenvalue weighted by Gasteiger charge is -2.15. The van der Waals surface area contributed by atoms with Gasteiger partial charge in [-0.1, -0.05) is 34.1 Å². The van der Waals surface area contributed by atoms with E-state index in [1.165, 1.54) is 5.56 Å². The highest BCUT2D eigenvalue weighted by Gasteiger charge is 2.23. The summed E-state index contributed by atoms with van der Waals surface area (Å²) < 4.78 is 6.64. The van der Waals surface area contributed by atoms with Gasteiger partial charge in [0.05, 0.1) is 17.4 Å². The molecule has 0 radical (unpaired) electrons. The normalized spacial score (nSPS) is 17.1. The van der Waals surface area contributed by atoms with E-state index in [9.17, 15) is 0 Å². The molecule has 0 fully saturated rings. The van der Waals surface area contributed by atoms with Crippen molar-refractivity contribution in [1.29, 1.82) is 0 Å². The summed E-state index contributed by atoms with van der Waals surface area (Å²) >= 11 is 3.45. The molecule has 0 bridgehead atoms. The van der Waals surface area contributed by atoms with Crippen LogP contribution in [0.15, 0.2) is 46.9 Å². The second-order valence-electron chi connectivity index (χ2n) is 4.28. The number of fused-ring (bicyclic) bond motifs is 1. The number of rotatable bonds is 2. The average molecular weight is 305 g/mol. The zero-order valence-corrected chi connectivity index (χ0v) is 11.3. The molecule has 1 atom stereocenters. The van der Waals surface area contributed by atoms with Gasteiger partial charge in [0.25, 0.3) is 0 Å². The minimum atomic E-state index is 0.151. The van der Waals surface area contributed by atoms with Crippen molar-refractivity contribution in [2.75, 3.05) is 17.7 Å². The molecule has 92 valence electrons. The molecule has 0 aromatic heterocycles. The van der Waals surface area contributed by atoms with Crippen molar-refractivity contribution in [3.05, 3.63) is 52.5 Å². The van der Waals surface area contributed by atoms with Gasteiger partial charge in [0.15, 0.2) is 0 Å². The Hall–Kier alpha value is -1.68. The number of nitrogens with two attached hydrogens (primary N) is 1. The Morgan fingerprint density at radius 1 is 1.22 bits per heavy atom.